The molecule has 0 spiro atoms. The Morgan fingerprint density at radius 3 is 2.56 bits per heavy atom. The molecular formula is C11H22O5. The van der Waals surface area contributed by atoms with Crippen molar-refractivity contribution >= 4 is 6.16 Å². The Labute approximate surface area is 96.7 Å². The molecule has 0 fully saturated rings. The second-order valence-corrected chi connectivity index (χ2v) is 3.53. The van der Waals surface area contributed by atoms with Crippen molar-refractivity contribution in [3.05, 3.63) is 0 Å². The van der Waals surface area contributed by atoms with E-state index >= 15 is 0 Å². The Bertz CT molecular complexity index is 172. The largest absolute Gasteiger partial charge is 0.505 e. The zero-order chi connectivity index (χ0) is 12.2. The van der Waals surface area contributed by atoms with E-state index in [2.05, 4.69) is 11.7 Å². The average Bonchev–Trinajstić information content (AvgIpc) is 2.25. The molecule has 0 rings (SSSR count). The lowest BCUT2D eigenvalue weighted by atomic mass is 10.1. The molecule has 0 saturated heterocycles. The van der Waals surface area contributed by atoms with Gasteiger partial charge in [-0.05, 0) is 6.42 Å². The van der Waals surface area contributed by atoms with Gasteiger partial charge in [0.25, 0.3) is 0 Å². The molecule has 1 N–H and O–H groups in total. The van der Waals surface area contributed by atoms with Gasteiger partial charge in [0.2, 0.25) is 0 Å². The fourth-order valence-electron chi connectivity index (χ4n) is 1.32. The van der Waals surface area contributed by atoms with Crippen LogP contribution in [0.3, 0.4) is 0 Å². The molecule has 16 heavy (non-hydrogen) atoms. The van der Waals surface area contributed by atoms with Crippen LogP contribution in [0.1, 0.15) is 32.6 Å². The molecule has 5 heteroatoms. The van der Waals surface area contributed by atoms with Crippen LogP contribution in [0, 0.1) is 0 Å². The van der Waals surface area contributed by atoms with Crippen LogP contribution in [-0.4, -0.2) is 44.3 Å². The number of ether oxygens (including phenoxy) is 3. The smallest absolute Gasteiger partial charge is 0.450 e. The molecule has 0 amide bonds. The maximum atomic E-state index is 10.2. The molecule has 0 aliphatic carbocycles. The standard InChI is InChI=1S/C11H22O5/c1-3-4-5-10(15-9-8-14-2)6-7-16-11(12)13/h10H,3-9H2,1-2H3,(H,12,13). The predicted octanol–water partition coefficient (Wildman–Crippen LogP) is 2.29. The lowest BCUT2D eigenvalue weighted by Crippen LogP contribution is -2.19. The molecule has 0 radical (unpaired) electrons. The Hall–Kier alpha value is -0.810. The highest BCUT2D eigenvalue weighted by molar-refractivity contribution is 5.56. The van der Waals surface area contributed by atoms with Crippen molar-refractivity contribution in [1.82, 2.24) is 0 Å². The van der Waals surface area contributed by atoms with E-state index in [9.17, 15) is 4.79 Å². The first kappa shape index (κ1) is 15.2. The number of carbonyl (C=O) groups is 1. The van der Waals surface area contributed by atoms with Crippen molar-refractivity contribution in [2.24, 2.45) is 0 Å². The van der Waals surface area contributed by atoms with Crippen molar-refractivity contribution in [3.8, 4) is 0 Å². The Morgan fingerprint density at radius 1 is 1.25 bits per heavy atom. The van der Waals surface area contributed by atoms with Crippen LogP contribution in [0.2, 0.25) is 0 Å². The number of carboxylic acid groups (broad SMARTS) is 1. The highest BCUT2D eigenvalue weighted by atomic mass is 16.7. The molecule has 1 atom stereocenters. The number of methoxy groups -OCH3 is 1. The number of unbranched alkanes of at least 4 members (excludes halogenated alkanes) is 1. The van der Waals surface area contributed by atoms with E-state index in [1.165, 1.54) is 0 Å². The summed E-state index contributed by atoms with van der Waals surface area (Å²) in [4.78, 5) is 10.2. The summed E-state index contributed by atoms with van der Waals surface area (Å²) in [6.45, 7) is 3.40. The van der Waals surface area contributed by atoms with Gasteiger partial charge in [-0.3, -0.25) is 0 Å². The van der Waals surface area contributed by atoms with Gasteiger partial charge in [0.15, 0.2) is 0 Å². The van der Waals surface area contributed by atoms with Gasteiger partial charge in [0, 0.05) is 13.5 Å². The van der Waals surface area contributed by atoms with Crippen molar-refractivity contribution in [3.63, 3.8) is 0 Å². The summed E-state index contributed by atoms with van der Waals surface area (Å²) in [5, 5.41) is 8.33. The fourth-order valence-corrected chi connectivity index (χ4v) is 1.32. The first-order valence-corrected chi connectivity index (χ1v) is 5.67. The third kappa shape index (κ3) is 9.73. The van der Waals surface area contributed by atoms with Crippen LogP contribution in [0.4, 0.5) is 4.79 Å². The van der Waals surface area contributed by atoms with Crippen molar-refractivity contribution in [1.29, 1.82) is 0 Å². The van der Waals surface area contributed by atoms with Gasteiger partial charge in [-0.1, -0.05) is 19.8 Å². The molecule has 1 unspecified atom stereocenters. The summed E-state index contributed by atoms with van der Waals surface area (Å²) in [5.41, 5.74) is 0. The summed E-state index contributed by atoms with van der Waals surface area (Å²) < 4.78 is 14.9. The first-order chi connectivity index (χ1) is 7.70. The van der Waals surface area contributed by atoms with Crippen LogP contribution in [0.5, 0.6) is 0 Å². The van der Waals surface area contributed by atoms with E-state index in [1.54, 1.807) is 7.11 Å². The maximum Gasteiger partial charge on any atom is 0.505 e. The highest BCUT2D eigenvalue weighted by Crippen LogP contribution is 2.09. The van der Waals surface area contributed by atoms with E-state index < -0.39 is 6.16 Å². The molecule has 0 aromatic carbocycles. The molecule has 0 aliphatic heterocycles. The van der Waals surface area contributed by atoms with Crippen molar-refractivity contribution < 1.29 is 24.1 Å². The van der Waals surface area contributed by atoms with Gasteiger partial charge in [0.05, 0.1) is 25.9 Å². The van der Waals surface area contributed by atoms with Gasteiger partial charge in [0.1, 0.15) is 0 Å². The third-order valence-electron chi connectivity index (χ3n) is 2.19. The zero-order valence-corrected chi connectivity index (χ0v) is 10.1. The summed E-state index contributed by atoms with van der Waals surface area (Å²) in [6, 6.07) is 0. The van der Waals surface area contributed by atoms with E-state index in [0.29, 0.717) is 19.6 Å². The van der Waals surface area contributed by atoms with Crippen LogP contribution in [-0.2, 0) is 14.2 Å². The van der Waals surface area contributed by atoms with E-state index in [-0.39, 0.29) is 12.7 Å². The molecule has 0 heterocycles. The van der Waals surface area contributed by atoms with Gasteiger partial charge in [-0.15, -0.1) is 0 Å². The van der Waals surface area contributed by atoms with Crippen LogP contribution in [0.25, 0.3) is 0 Å². The van der Waals surface area contributed by atoms with E-state index in [0.717, 1.165) is 19.3 Å². The molecular weight excluding hydrogens is 212 g/mol. The summed E-state index contributed by atoms with van der Waals surface area (Å²) in [5.74, 6) is 0. The molecule has 0 aliphatic rings. The third-order valence-corrected chi connectivity index (χ3v) is 2.19. The zero-order valence-electron chi connectivity index (χ0n) is 10.1. The van der Waals surface area contributed by atoms with Gasteiger partial charge >= 0.3 is 6.16 Å². The minimum atomic E-state index is -1.23. The highest BCUT2D eigenvalue weighted by Gasteiger charge is 2.09. The lowest BCUT2D eigenvalue weighted by molar-refractivity contribution is -0.00414. The number of hydrogen-bond donors (Lipinski definition) is 1. The van der Waals surface area contributed by atoms with Crippen LogP contribution in [0.15, 0.2) is 0 Å². The second-order valence-electron chi connectivity index (χ2n) is 3.53. The number of rotatable bonds is 10. The van der Waals surface area contributed by atoms with E-state index in [1.807, 2.05) is 0 Å². The summed E-state index contributed by atoms with van der Waals surface area (Å²) >= 11 is 0. The first-order valence-electron chi connectivity index (χ1n) is 5.67. The Morgan fingerprint density at radius 2 is 2.00 bits per heavy atom. The lowest BCUT2D eigenvalue weighted by Gasteiger charge is -2.17. The van der Waals surface area contributed by atoms with Crippen LogP contribution >= 0.6 is 0 Å². The quantitative estimate of drug-likeness (QED) is 0.464. The molecule has 0 bridgehead atoms. The van der Waals surface area contributed by atoms with E-state index in [4.69, 9.17) is 14.6 Å². The van der Waals surface area contributed by atoms with Crippen LogP contribution < -0.4 is 0 Å². The maximum absolute atomic E-state index is 10.2. The molecule has 0 aromatic rings. The second kappa shape index (κ2) is 10.7. The molecule has 96 valence electrons. The topological polar surface area (TPSA) is 65.0 Å². The fraction of sp³-hybridized carbons (Fsp3) is 0.909. The summed E-state index contributed by atoms with van der Waals surface area (Å²) in [7, 11) is 1.62. The SMILES string of the molecule is CCCCC(CCOC(=O)O)OCCOC. The summed E-state index contributed by atoms with van der Waals surface area (Å²) in [6.07, 6.45) is 2.55. The number of hydrogen-bond acceptors (Lipinski definition) is 4. The Kier molecular flexibility index (Phi) is 10.2. The average molecular weight is 234 g/mol. The minimum Gasteiger partial charge on any atom is -0.450 e. The predicted molar refractivity (Wildman–Crippen MR) is 59.7 cm³/mol. The van der Waals surface area contributed by atoms with Crippen molar-refractivity contribution in [2.45, 2.75) is 38.7 Å². The van der Waals surface area contributed by atoms with Crippen molar-refractivity contribution in [2.75, 3.05) is 26.9 Å². The minimum absolute atomic E-state index is 0.0643. The molecule has 0 aromatic heterocycles. The molecule has 0 saturated carbocycles. The Balaban J connectivity index is 3.66. The molecule has 5 nitrogen and oxygen atoms in total. The monoisotopic (exact) mass is 234 g/mol. The van der Waals surface area contributed by atoms with Gasteiger partial charge in [-0.2, -0.15) is 0 Å². The van der Waals surface area contributed by atoms with Gasteiger partial charge in [-0.25, -0.2) is 4.79 Å². The normalized spacial score (nSPS) is 12.4. The van der Waals surface area contributed by atoms with Gasteiger partial charge < -0.3 is 19.3 Å².